The zero-order valence-corrected chi connectivity index (χ0v) is 30.7. The molecule has 0 atom stereocenters. The SMILES string of the molecule is CC1(C)c2cc3ccccc3cc2-c2c(-c3c(-c4nc(-c5ccc6ccccc6c5)cc(-c5ccc6ccccc6c5)n4)ccc4ccccc34)cccc21. The van der Waals surface area contributed by atoms with Gasteiger partial charge in [-0.3, -0.25) is 0 Å². The highest BCUT2D eigenvalue weighted by Gasteiger charge is 2.37. The molecule has 0 saturated heterocycles. The molecule has 55 heavy (non-hydrogen) atoms. The van der Waals surface area contributed by atoms with Gasteiger partial charge < -0.3 is 0 Å². The molecule has 0 unspecified atom stereocenters. The van der Waals surface area contributed by atoms with Crippen molar-refractivity contribution in [1.29, 1.82) is 0 Å². The minimum Gasteiger partial charge on any atom is -0.228 e. The summed E-state index contributed by atoms with van der Waals surface area (Å²) in [6.07, 6.45) is 0. The number of benzene rings is 9. The van der Waals surface area contributed by atoms with Crippen LogP contribution < -0.4 is 0 Å². The van der Waals surface area contributed by atoms with Crippen LogP contribution in [0.15, 0.2) is 182 Å². The third-order valence-corrected chi connectivity index (χ3v) is 11.8. The summed E-state index contributed by atoms with van der Waals surface area (Å²) in [5.41, 5.74) is 12.5. The Hall–Kier alpha value is -6.90. The highest BCUT2D eigenvalue weighted by Crippen LogP contribution is 2.54. The van der Waals surface area contributed by atoms with Gasteiger partial charge in [0, 0.05) is 27.7 Å². The Morgan fingerprint density at radius 3 is 1.51 bits per heavy atom. The first-order valence-corrected chi connectivity index (χ1v) is 19.1. The summed E-state index contributed by atoms with van der Waals surface area (Å²) in [5.74, 6) is 0.711. The Morgan fingerprint density at radius 2 is 0.873 bits per heavy atom. The van der Waals surface area contributed by atoms with E-state index in [0.29, 0.717) is 5.82 Å². The van der Waals surface area contributed by atoms with Crippen molar-refractivity contribution in [1.82, 2.24) is 9.97 Å². The second-order valence-electron chi connectivity index (χ2n) is 15.4. The lowest BCUT2D eigenvalue weighted by Crippen LogP contribution is -2.14. The Kier molecular flexibility index (Phi) is 6.93. The minimum atomic E-state index is -0.162. The van der Waals surface area contributed by atoms with Crippen molar-refractivity contribution in [3.8, 4) is 56.2 Å². The van der Waals surface area contributed by atoms with Crippen LogP contribution in [0.5, 0.6) is 0 Å². The van der Waals surface area contributed by atoms with Gasteiger partial charge >= 0.3 is 0 Å². The van der Waals surface area contributed by atoms with E-state index in [1.165, 1.54) is 70.9 Å². The van der Waals surface area contributed by atoms with Crippen LogP contribution in [-0.2, 0) is 5.41 Å². The lowest BCUT2D eigenvalue weighted by molar-refractivity contribution is 0.661. The number of fused-ring (bicyclic) bond motifs is 7. The summed E-state index contributed by atoms with van der Waals surface area (Å²) in [4.78, 5) is 10.9. The third-order valence-electron chi connectivity index (χ3n) is 11.8. The molecule has 1 aliphatic rings. The van der Waals surface area contributed by atoms with E-state index in [-0.39, 0.29) is 5.41 Å². The molecule has 0 saturated carbocycles. The summed E-state index contributed by atoms with van der Waals surface area (Å²) in [6, 6.07) is 66.1. The predicted molar refractivity (Wildman–Crippen MR) is 231 cm³/mol. The molecule has 2 nitrogen and oxygen atoms in total. The maximum atomic E-state index is 5.46. The Labute approximate surface area is 320 Å². The maximum Gasteiger partial charge on any atom is 0.161 e. The molecule has 2 heteroatoms. The Balaban J connectivity index is 1.20. The average molecular weight is 701 g/mol. The molecular weight excluding hydrogens is 665 g/mol. The van der Waals surface area contributed by atoms with E-state index in [9.17, 15) is 0 Å². The largest absolute Gasteiger partial charge is 0.228 e. The molecule has 10 aromatic rings. The smallest absolute Gasteiger partial charge is 0.161 e. The van der Waals surface area contributed by atoms with Gasteiger partial charge in [-0.15, -0.1) is 0 Å². The van der Waals surface area contributed by atoms with E-state index in [1.54, 1.807) is 0 Å². The lowest BCUT2D eigenvalue weighted by atomic mass is 9.81. The highest BCUT2D eigenvalue weighted by molar-refractivity contribution is 6.09. The Morgan fingerprint density at radius 1 is 0.345 bits per heavy atom. The minimum absolute atomic E-state index is 0.162. The van der Waals surface area contributed by atoms with Crippen LogP contribution in [0.1, 0.15) is 25.0 Å². The van der Waals surface area contributed by atoms with E-state index in [1.807, 2.05) is 0 Å². The fraction of sp³-hybridized carbons (Fsp3) is 0.0566. The fourth-order valence-electron chi connectivity index (χ4n) is 8.99. The molecule has 0 radical (unpaired) electrons. The van der Waals surface area contributed by atoms with Gasteiger partial charge in [0.1, 0.15) is 0 Å². The van der Waals surface area contributed by atoms with Crippen molar-refractivity contribution in [2.45, 2.75) is 19.3 Å². The maximum absolute atomic E-state index is 5.46. The summed E-state index contributed by atoms with van der Waals surface area (Å²) in [5, 5.41) is 9.70. The van der Waals surface area contributed by atoms with Crippen LogP contribution in [0.4, 0.5) is 0 Å². The molecule has 1 aromatic heterocycles. The molecule has 0 fully saturated rings. The van der Waals surface area contributed by atoms with Crippen LogP contribution in [0, 0.1) is 0 Å². The summed E-state index contributed by atoms with van der Waals surface area (Å²) in [6.45, 7) is 4.73. The second-order valence-corrected chi connectivity index (χ2v) is 15.4. The second kappa shape index (κ2) is 12.1. The monoisotopic (exact) mass is 700 g/mol. The molecule has 11 rings (SSSR count). The average Bonchev–Trinajstić information content (AvgIpc) is 3.46. The van der Waals surface area contributed by atoms with E-state index in [4.69, 9.17) is 9.97 Å². The predicted octanol–water partition coefficient (Wildman–Crippen LogP) is 14.1. The van der Waals surface area contributed by atoms with E-state index < -0.39 is 0 Å². The van der Waals surface area contributed by atoms with Crippen LogP contribution in [0.2, 0.25) is 0 Å². The van der Waals surface area contributed by atoms with Crippen LogP contribution >= 0.6 is 0 Å². The quantitative estimate of drug-likeness (QED) is 0.183. The molecule has 0 spiro atoms. The first kappa shape index (κ1) is 31.6. The van der Waals surface area contributed by atoms with E-state index in [0.717, 1.165) is 33.6 Å². The van der Waals surface area contributed by atoms with E-state index in [2.05, 4.69) is 196 Å². The van der Waals surface area contributed by atoms with Crippen molar-refractivity contribution >= 4 is 43.1 Å². The zero-order valence-electron chi connectivity index (χ0n) is 30.7. The first-order chi connectivity index (χ1) is 27.0. The molecule has 9 aromatic carbocycles. The highest BCUT2D eigenvalue weighted by atomic mass is 14.9. The number of hydrogen-bond acceptors (Lipinski definition) is 2. The number of nitrogens with zero attached hydrogens (tertiary/aromatic N) is 2. The summed E-state index contributed by atoms with van der Waals surface area (Å²) < 4.78 is 0. The topological polar surface area (TPSA) is 25.8 Å². The van der Waals surface area contributed by atoms with Crippen LogP contribution in [-0.4, -0.2) is 9.97 Å². The van der Waals surface area contributed by atoms with Crippen molar-refractivity contribution in [3.05, 3.63) is 193 Å². The number of aromatic nitrogens is 2. The molecule has 0 N–H and O–H groups in total. The van der Waals surface area contributed by atoms with Gasteiger partial charge in [0.15, 0.2) is 5.82 Å². The van der Waals surface area contributed by atoms with Gasteiger partial charge in [0.25, 0.3) is 0 Å². The fourth-order valence-corrected chi connectivity index (χ4v) is 8.99. The van der Waals surface area contributed by atoms with Gasteiger partial charge in [-0.05, 0) is 107 Å². The van der Waals surface area contributed by atoms with Crippen molar-refractivity contribution in [2.75, 3.05) is 0 Å². The van der Waals surface area contributed by atoms with Crippen LogP contribution in [0.3, 0.4) is 0 Å². The van der Waals surface area contributed by atoms with Gasteiger partial charge in [-0.2, -0.15) is 0 Å². The number of rotatable bonds is 4. The zero-order chi connectivity index (χ0) is 36.7. The van der Waals surface area contributed by atoms with Crippen molar-refractivity contribution in [2.24, 2.45) is 0 Å². The number of hydrogen-bond donors (Lipinski definition) is 0. The standard InChI is InChI=1S/C53H36N2/c1-53(2)46-21-11-20-43(51(46)45-30-38-17-7-8-18-39(38)31-47(45)53)50-42-19-10-9-14-35(42)26-27-44(50)52-54-48(40-24-22-33-12-3-5-15-36(33)28-40)32-49(55-52)41-25-23-34-13-4-6-16-37(34)29-41/h3-32H,1-2H3. The normalized spacial score (nSPS) is 13.1. The first-order valence-electron chi connectivity index (χ1n) is 19.1. The summed E-state index contributed by atoms with van der Waals surface area (Å²) in [7, 11) is 0. The van der Waals surface area contributed by atoms with Gasteiger partial charge in [0.05, 0.1) is 11.4 Å². The molecular formula is C53H36N2. The van der Waals surface area contributed by atoms with Gasteiger partial charge in [0.2, 0.25) is 0 Å². The molecule has 1 aliphatic carbocycles. The van der Waals surface area contributed by atoms with Crippen molar-refractivity contribution < 1.29 is 0 Å². The summed E-state index contributed by atoms with van der Waals surface area (Å²) >= 11 is 0. The molecule has 0 aliphatic heterocycles. The lowest BCUT2D eigenvalue weighted by Gasteiger charge is -2.22. The molecule has 1 heterocycles. The Bertz CT molecular complexity index is 3090. The molecule has 0 bridgehead atoms. The molecule has 258 valence electrons. The van der Waals surface area contributed by atoms with Gasteiger partial charge in [-0.25, -0.2) is 9.97 Å². The molecule has 0 amide bonds. The third kappa shape index (κ3) is 5.02. The van der Waals surface area contributed by atoms with Crippen molar-refractivity contribution in [3.63, 3.8) is 0 Å². The van der Waals surface area contributed by atoms with E-state index >= 15 is 0 Å². The van der Waals surface area contributed by atoms with Gasteiger partial charge in [-0.1, -0.05) is 159 Å². The van der Waals surface area contributed by atoms with Crippen LogP contribution in [0.25, 0.3) is 99.2 Å².